The van der Waals surface area contributed by atoms with Crippen LogP contribution in [0.25, 0.3) is 10.9 Å². The number of benzene rings is 1. The maximum Gasteiger partial charge on any atom is 0.326 e. The number of aromatic amines is 2. The van der Waals surface area contributed by atoms with Gasteiger partial charge in [-0.15, -0.1) is 0 Å². The Morgan fingerprint density at radius 1 is 1.05 bits per heavy atom. The average Bonchev–Trinajstić information content (AvgIpc) is 3.55. The van der Waals surface area contributed by atoms with Crippen molar-refractivity contribution < 1.29 is 24.6 Å². The van der Waals surface area contributed by atoms with Crippen LogP contribution >= 0.6 is 0 Å². The summed E-state index contributed by atoms with van der Waals surface area (Å²) >= 11 is 0. The minimum absolute atomic E-state index is 0.00251. The molecule has 13 heteroatoms. The number of carboxylic acid groups (broad SMARTS) is 1. The first-order valence-electron chi connectivity index (χ1n) is 11.7. The summed E-state index contributed by atoms with van der Waals surface area (Å²) in [5.74, 6) is -3.13. The Morgan fingerprint density at radius 3 is 2.53 bits per heavy atom. The molecular weight excluding hydrogens is 494 g/mol. The SMILES string of the molecule is NC(Cn1ccc(=O)c(O)c1)C(=O)N[C@@H](Cc1cnc[nH]1)C(=O)N[C@@H](Cc1c[nH]c2ccccc12)C(=O)O. The first kappa shape index (κ1) is 26.2. The van der Waals surface area contributed by atoms with Crippen molar-refractivity contribution in [2.45, 2.75) is 37.5 Å². The van der Waals surface area contributed by atoms with Gasteiger partial charge in [0.05, 0.1) is 6.33 Å². The quantitative estimate of drug-likeness (QED) is 0.138. The smallest absolute Gasteiger partial charge is 0.326 e. The molecule has 3 aromatic heterocycles. The summed E-state index contributed by atoms with van der Waals surface area (Å²) in [5, 5.41) is 25.4. The Morgan fingerprint density at radius 2 is 1.82 bits per heavy atom. The molecule has 0 aliphatic carbocycles. The first-order chi connectivity index (χ1) is 18.2. The van der Waals surface area contributed by atoms with Gasteiger partial charge in [0.1, 0.15) is 18.1 Å². The van der Waals surface area contributed by atoms with Crippen LogP contribution in [0.1, 0.15) is 11.3 Å². The summed E-state index contributed by atoms with van der Waals surface area (Å²) in [5.41, 5.74) is 7.53. The standard InChI is InChI=1S/C25H27N7O6/c26-17(11-32-6-5-21(33)22(34)12-32)23(35)30-19(8-15-10-27-13-29-15)24(36)31-20(25(37)38)7-14-9-28-18-4-2-1-3-16(14)18/h1-6,9-10,12-13,17,19-20,28,34H,7-8,11,26H2,(H,27,29)(H,30,35)(H,31,36)(H,37,38)/t17?,19-,20-/m0/s1. The van der Waals surface area contributed by atoms with Crippen LogP contribution in [0, 0.1) is 0 Å². The monoisotopic (exact) mass is 521 g/mol. The summed E-state index contributed by atoms with van der Waals surface area (Å²) in [6.45, 7) is -0.0869. The number of aromatic hydroxyl groups is 1. The predicted octanol–water partition coefficient (Wildman–Crippen LogP) is -0.375. The number of para-hydroxylation sites is 1. The molecule has 0 aliphatic heterocycles. The summed E-state index contributed by atoms with van der Waals surface area (Å²) in [4.78, 5) is 59.4. The fraction of sp³-hybridized carbons (Fsp3) is 0.240. The van der Waals surface area contributed by atoms with Crippen molar-refractivity contribution in [2.24, 2.45) is 5.73 Å². The van der Waals surface area contributed by atoms with Gasteiger partial charge < -0.3 is 41.1 Å². The molecule has 198 valence electrons. The molecule has 0 fully saturated rings. The van der Waals surface area contributed by atoms with Crippen molar-refractivity contribution in [3.05, 3.63) is 82.9 Å². The molecule has 1 unspecified atom stereocenters. The van der Waals surface area contributed by atoms with Crippen molar-refractivity contribution in [3.8, 4) is 5.75 Å². The number of carbonyl (C=O) groups excluding carboxylic acids is 2. The van der Waals surface area contributed by atoms with E-state index < -0.39 is 47.1 Å². The summed E-state index contributed by atoms with van der Waals surface area (Å²) < 4.78 is 1.37. The van der Waals surface area contributed by atoms with Gasteiger partial charge in [-0.2, -0.15) is 0 Å². The van der Waals surface area contributed by atoms with Crippen molar-refractivity contribution >= 4 is 28.7 Å². The number of H-pyrrole nitrogens is 2. The normalized spacial score (nSPS) is 13.5. The van der Waals surface area contributed by atoms with Gasteiger partial charge >= 0.3 is 5.97 Å². The number of nitrogens with zero attached hydrogens (tertiary/aromatic N) is 2. The molecule has 1 aromatic carbocycles. The van der Waals surface area contributed by atoms with E-state index in [4.69, 9.17) is 5.73 Å². The summed E-state index contributed by atoms with van der Waals surface area (Å²) in [6.07, 6.45) is 7.13. The fourth-order valence-corrected chi connectivity index (χ4v) is 4.03. The number of nitrogens with one attached hydrogen (secondary N) is 4. The van der Waals surface area contributed by atoms with Crippen LogP contribution in [-0.2, 0) is 33.8 Å². The Labute approximate surface area is 215 Å². The average molecular weight is 522 g/mol. The van der Waals surface area contributed by atoms with Gasteiger partial charge in [-0.25, -0.2) is 9.78 Å². The molecule has 13 nitrogen and oxygen atoms in total. The molecule has 4 rings (SSSR count). The highest BCUT2D eigenvalue weighted by Gasteiger charge is 2.29. The number of rotatable bonds is 11. The van der Waals surface area contributed by atoms with E-state index in [1.807, 2.05) is 24.3 Å². The number of carbonyl (C=O) groups is 3. The predicted molar refractivity (Wildman–Crippen MR) is 136 cm³/mol. The number of amides is 2. The van der Waals surface area contributed by atoms with Crippen molar-refractivity contribution in [1.82, 2.24) is 30.2 Å². The molecule has 0 saturated heterocycles. The minimum atomic E-state index is -1.26. The molecular formula is C25H27N7O6. The van der Waals surface area contributed by atoms with Crippen LogP contribution < -0.4 is 21.8 Å². The fourth-order valence-electron chi connectivity index (χ4n) is 4.03. The lowest BCUT2D eigenvalue weighted by Gasteiger charge is -2.23. The van der Waals surface area contributed by atoms with Crippen LogP contribution in [0.5, 0.6) is 5.75 Å². The molecule has 3 atom stereocenters. The maximum absolute atomic E-state index is 13.2. The molecule has 0 aliphatic rings. The van der Waals surface area contributed by atoms with Gasteiger partial charge in [0, 0.05) is 66.8 Å². The zero-order chi connectivity index (χ0) is 27.2. The highest BCUT2D eigenvalue weighted by Crippen LogP contribution is 2.19. The number of fused-ring (bicyclic) bond motifs is 1. The Bertz CT molecular complexity index is 1490. The lowest BCUT2D eigenvalue weighted by Crippen LogP contribution is -2.56. The van der Waals surface area contributed by atoms with Gasteiger partial charge in [-0.1, -0.05) is 18.2 Å². The van der Waals surface area contributed by atoms with Gasteiger partial charge in [0.25, 0.3) is 0 Å². The van der Waals surface area contributed by atoms with E-state index in [1.165, 1.54) is 23.3 Å². The zero-order valence-corrected chi connectivity index (χ0v) is 20.1. The van der Waals surface area contributed by atoms with E-state index in [2.05, 4.69) is 25.6 Å². The zero-order valence-electron chi connectivity index (χ0n) is 20.1. The molecule has 8 N–H and O–H groups in total. The van der Waals surface area contributed by atoms with E-state index in [0.717, 1.165) is 23.2 Å². The van der Waals surface area contributed by atoms with E-state index >= 15 is 0 Å². The second-order valence-corrected chi connectivity index (χ2v) is 8.80. The number of imidazole rings is 1. The van der Waals surface area contributed by atoms with Crippen LogP contribution in [0.2, 0.25) is 0 Å². The molecule has 0 radical (unpaired) electrons. The third-order valence-electron chi connectivity index (χ3n) is 6.03. The lowest BCUT2D eigenvalue weighted by molar-refractivity contribution is -0.142. The number of hydrogen-bond acceptors (Lipinski definition) is 7. The number of carboxylic acids is 1. The Kier molecular flexibility index (Phi) is 7.87. The first-order valence-corrected chi connectivity index (χ1v) is 11.7. The largest absolute Gasteiger partial charge is 0.503 e. The second kappa shape index (κ2) is 11.4. The van der Waals surface area contributed by atoms with Crippen LogP contribution in [0.15, 0.2) is 66.2 Å². The second-order valence-electron chi connectivity index (χ2n) is 8.80. The third kappa shape index (κ3) is 6.25. The Balaban J connectivity index is 1.47. The number of nitrogens with two attached hydrogens (primary N) is 1. The van der Waals surface area contributed by atoms with E-state index in [0.29, 0.717) is 11.3 Å². The van der Waals surface area contributed by atoms with Crippen LogP contribution in [0.4, 0.5) is 0 Å². The molecule has 0 saturated carbocycles. The molecule has 38 heavy (non-hydrogen) atoms. The van der Waals surface area contributed by atoms with E-state index in [9.17, 15) is 29.4 Å². The van der Waals surface area contributed by atoms with Crippen molar-refractivity contribution in [3.63, 3.8) is 0 Å². The van der Waals surface area contributed by atoms with Gasteiger partial charge in [0.2, 0.25) is 17.2 Å². The summed E-state index contributed by atoms with van der Waals surface area (Å²) in [7, 11) is 0. The third-order valence-corrected chi connectivity index (χ3v) is 6.03. The maximum atomic E-state index is 13.2. The van der Waals surface area contributed by atoms with Crippen molar-refractivity contribution in [2.75, 3.05) is 0 Å². The molecule has 0 bridgehead atoms. The molecule has 0 spiro atoms. The number of hydrogen-bond donors (Lipinski definition) is 7. The number of aliphatic carboxylic acids is 1. The molecule has 2 amide bonds. The highest BCUT2D eigenvalue weighted by atomic mass is 16.4. The van der Waals surface area contributed by atoms with Crippen LogP contribution in [0.3, 0.4) is 0 Å². The van der Waals surface area contributed by atoms with Crippen molar-refractivity contribution in [1.29, 1.82) is 0 Å². The Hall–Kier alpha value is -4.91. The minimum Gasteiger partial charge on any atom is -0.503 e. The number of aromatic nitrogens is 4. The van der Waals surface area contributed by atoms with Gasteiger partial charge in [-0.3, -0.25) is 14.4 Å². The number of pyridine rings is 1. The summed E-state index contributed by atoms with van der Waals surface area (Å²) in [6, 6.07) is 4.97. The van der Waals surface area contributed by atoms with Gasteiger partial charge in [-0.05, 0) is 11.6 Å². The lowest BCUT2D eigenvalue weighted by atomic mass is 10.0. The van der Waals surface area contributed by atoms with E-state index in [1.54, 1.807) is 6.20 Å². The highest BCUT2D eigenvalue weighted by molar-refractivity contribution is 5.92. The van der Waals surface area contributed by atoms with E-state index in [-0.39, 0.29) is 19.4 Å². The van der Waals surface area contributed by atoms with Crippen LogP contribution in [-0.4, -0.2) is 65.6 Å². The molecule has 3 heterocycles. The molecule has 4 aromatic rings. The topological polar surface area (TPSA) is 208 Å². The van der Waals surface area contributed by atoms with Gasteiger partial charge in [0.15, 0.2) is 5.75 Å².